The third-order valence-corrected chi connectivity index (χ3v) is 6.75. The molecular weight excluding hydrogens is 433 g/mol. The molecule has 6 rings (SSSR count). The summed E-state index contributed by atoms with van der Waals surface area (Å²) in [5, 5.41) is 2.56. The second-order valence-corrected chi connectivity index (χ2v) is 9.16. The molecular formula is C34H26BN. The summed E-state index contributed by atoms with van der Waals surface area (Å²) in [6, 6.07) is 52.1. The molecule has 0 spiro atoms. The number of para-hydroxylation sites is 1. The van der Waals surface area contributed by atoms with Gasteiger partial charge in [-0.1, -0.05) is 115 Å². The van der Waals surface area contributed by atoms with Gasteiger partial charge in [-0.25, -0.2) is 0 Å². The Bertz CT molecular complexity index is 1600. The average Bonchev–Trinajstić information content (AvgIpc) is 2.95. The highest BCUT2D eigenvalue weighted by molar-refractivity contribution is 6.32. The Hall–Kier alpha value is -4.56. The predicted octanol–water partition coefficient (Wildman–Crippen LogP) is 7.90. The van der Waals surface area contributed by atoms with Gasteiger partial charge >= 0.3 is 0 Å². The molecule has 0 N–H and O–H groups in total. The fourth-order valence-electron chi connectivity index (χ4n) is 4.84. The summed E-state index contributed by atoms with van der Waals surface area (Å²) in [6.07, 6.45) is 0. The van der Waals surface area contributed by atoms with Gasteiger partial charge in [0.25, 0.3) is 0 Å². The van der Waals surface area contributed by atoms with Crippen molar-refractivity contribution >= 4 is 41.1 Å². The van der Waals surface area contributed by atoms with Crippen LogP contribution in [0, 0.1) is 0 Å². The summed E-state index contributed by atoms with van der Waals surface area (Å²) in [5.41, 5.74) is 9.63. The van der Waals surface area contributed by atoms with Crippen molar-refractivity contribution in [2.75, 3.05) is 4.90 Å². The van der Waals surface area contributed by atoms with Gasteiger partial charge in [0.15, 0.2) is 0 Å². The molecule has 170 valence electrons. The molecule has 0 aliphatic heterocycles. The van der Waals surface area contributed by atoms with E-state index >= 15 is 0 Å². The van der Waals surface area contributed by atoms with Gasteiger partial charge in [-0.15, -0.1) is 0 Å². The van der Waals surface area contributed by atoms with Gasteiger partial charge in [0.2, 0.25) is 0 Å². The van der Waals surface area contributed by atoms with Crippen LogP contribution in [0.15, 0.2) is 146 Å². The lowest BCUT2D eigenvalue weighted by Crippen LogP contribution is -2.11. The molecule has 0 saturated heterocycles. The quantitative estimate of drug-likeness (QED) is 0.237. The van der Waals surface area contributed by atoms with E-state index in [0.29, 0.717) is 0 Å². The molecule has 36 heavy (non-hydrogen) atoms. The van der Waals surface area contributed by atoms with Gasteiger partial charge in [0.05, 0.1) is 0 Å². The zero-order valence-corrected chi connectivity index (χ0v) is 20.3. The minimum absolute atomic E-state index is 1.14. The molecule has 0 fully saturated rings. The van der Waals surface area contributed by atoms with E-state index in [1.165, 1.54) is 38.5 Å². The number of hydrogen-bond donors (Lipinski definition) is 0. The van der Waals surface area contributed by atoms with Crippen molar-refractivity contribution in [1.82, 2.24) is 0 Å². The van der Waals surface area contributed by atoms with Crippen LogP contribution in [-0.2, 0) is 0 Å². The predicted molar refractivity (Wildman–Crippen MR) is 158 cm³/mol. The molecule has 0 bridgehead atoms. The van der Waals surface area contributed by atoms with Crippen molar-refractivity contribution in [3.8, 4) is 22.3 Å². The first-order valence-corrected chi connectivity index (χ1v) is 12.4. The standard InChI is InChI=1S/C34H26BN/c35-29-19-23-32(24-20-29)36(30-9-2-1-3-10-30)31-21-17-26(18-22-31)25-13-15-28(16-14-25)34-12-6-8-27-7-4-5-11-33(27)34/h1-24H,35H2. The smallest absolute Gasteiger partial charge is 0.139 e. The summed E-state index contributed by atoms with van der Waals surface area (Å²) >= 11 is 0. The molecule has 0 aliphatic carbocycles. The van der Waals surface area contributed by atoms with Crippen LogP contribution in [0.2, 0.25) is 0 Å². The molecule has 6 aromatic carbocycles. The van der Waals surface area contributed by atoms with E-state index in [1.807, 2.05) is 0 Å². The minimum atomic E-state index is 1.14. The van der Waals surface area contributed by atoms with E-state index in [2.05, 4.69) is 158 Å². The van der Waals surface area contributed by atoms with Gasteiger partial charge in [-0.2, -0.15) is 0 Å². The highest BCUT2D eigenvalue weighted by atomic mass is 15.1. The highest BCUT2D eigenvalue weighted by Gasteiger charge is 2.12. The second-order valence-electron chi connectivity index (χ2n) is 9.16. The maximum Gasteiger partial charge on any atom is 0.139 e. The van der Waals surface area contributed by atoms with Crippen molar-refractivity contribution in [2.24, 2.45) is 0 Å². The second kappa shape index (κ2) is 9.60. The molecule has 0 saturated carbocycles. The van der Waals surface area contributed by atoms with Crippen LogP contribution in [0.25, 0.3) is 33.0 Å². The SMILES string of the molecule is Bc1ccc(N(c2ccccc2)c2ccc(-c3ccc(-c4cccc5ccccc45)cc3)cc2)cc1. The van der Waals surface area contributed by atoms with Crippen molar-refractivity contribution in [3.63, 3.8) is 0 Å². The first-order chi connectivity index (χ1) is 17.8. The summed E-state index contributed by atoms with van der Waals surface area (Å²) < 4.78 is 0. The number of nitrogens with zero attached hydrogens (tertiary/aromatic N) is 1. The minimum Gasteiger partial charge on any atom is -0.311 e. The van der Waals surface area contributed by atoms with Crippen LogP contribution in [0.4, 0.5) is 17.1 Å². The lowest BCUT2D eigenvalue weighted by molar-refractivity contribution is 1.29. The molecule has 0 amide bonds. The molecule has 2 heteroatoms. The van der Waals surface area contributed by atoms with E-state index in [0.717, 1.165) is 17.1 Å². The lowest BCUT2D eigenvalue weighted by atomic mass is 9.96. The number of anilines is 3. The van der Waals surface area contributed by atoms with Crippen LogP contribution in [0.3, 0.4) is 0 Å². The first kappa shape index (κ1) is 21.9. The highest BCUT2D eigenvalue weighted by Crippen LogP contribution is 2.36. The number of rotatable bonds is 5. The number of benzene rings is 6. The maximum atomic E-state index is 2.30. The lowest BCUT2D eigenvalue weighted by Gasteiger charge is -2.25. The Kier molecular flexibility index (Phi) is 5.85. The molecule has 0 unspecified atom stereocenters. The van der Waals surface area contributed by atoms with Crippen LogP contribution in [0.5, 0.6) is 0 Å². The average molecular weight is 459 g/mol. The van der Waals surface area contributed by atoms with Crippen molar-refractivity contribution in [2.45, 2.75) is 0 Å². The van der Waals surface area contributed by atoms with Gasteiger partial charge in [0.1, 0.15) is 7.85 Å². The van der Waals surface area contributed by atoms with E-state index < -0.39 is 0 Å². The van der Waals surface area contributed by atoms with E-state index in [-0.39, 0.29) is 0 Å². The molecule has 0 radical (unpaired) electrons. The van der Waals surface area contributed by atoms with Gasteiger partial charge < -0.3 is 4.90 Å². The molecule has 0 atom stereocenters. The fraction of sp³-hybridized carbons (Fsp3) is 0. The molecule has 6 aromatic rings. The molecule has 1 nitrogen and oxygen atoms in total. The summed E-state index contributed by atoms with van der Waals surface area (Å²) in [6.45, 7) is 0. The van der Waals surface area contributed by atoms with Crippen LogP contribution in [0.1, 0.15) is 0 Å². The Morgan fingerprint density at radius 2 is 0.889 bits per heavy atom. The zero-order valence-electron chi connectivity index (χ0n) is 20.3. The van der Waals surface area contributed by atoms with Crippen molar-refractivity contribution in [3.05, 3.63) is 146 Å². The zero-order chi connectivity index (χ0) is 24.3. The third-order valence-electron chi connectivity index (χ3n) is 6.75. The van der Waals surface area contributed by atoms with Gasteiger partial charge in [-0.3, -0.25) is 0 Å². The van der Waals surface area contributed by atoms with Crippen LogP contribution < -0.4 is 10.4 Å². The molecule has 0 aliphatic rings. The molecule has 0 heterocycles. The van der Waals surface area contributed by atoms with Gasteiger partial charge in [-0.05, 0) is 69.4 Å². The maximum absolute atomic E-state index is 2.30. The summed E-state index contributed by atoms with van der Waals surface area (Å²) in [5.74, 6) is 0. The van der Waals surface area contributed by atoms with Gasteiger partial charge in [0, 0.05) is 17.1 Å². The topological polar surface area (TPSA) is 3.24 Å². The fourth-order valence-corrected chi connectivity index (χ4v) is 4.84. The van der Waals surface area contributed by atoms with Crippen LogP contribution in [-0.4, -0.2) is 7.85 Å². The normalized spacial score (nSPS) is 10.9. The van der Waals surface area contributed by atoms with Crippen LogP contribution >= 0.6 is 0 Å². The Balaban J connectivity index is 1.32. The van der Waals surface area contributed by atoms with Crippen molar-refractivity contribution < 1.29 is 0 Å². The largest absolute Gasteiger partial charge is 0.311 e. The monoisotopic (exact) mass is 459 g/mol. The summed E-state index contributed by atoms with van der Waals surface area (Å²) in [4.78, 5) is 2.30. The first-order valence-electron chi connectivity index (χ1n) is 12.4. The Morgan fingerprint density at radius 1 is 0.389 bits per heavy atom. The molecule has 0 aromatic heterocycles. The Morgan fingerprint density at radius 3 is 1.58 bits per heavy atom. The Labute approximate surface area is 213 Å². The number of hydrogen-bond acceptors (Lipinski definition) is 1. The number of fused-ring (bicyclic) bond motifs is 1. The summed E-state index contributed by atoms with van der Waals surface area (Å²) in [7, 11) is 2.12. The van der Waals surface area contributed by atoms with E-state index in [1.54, 1.807) is 0 Å². The van der Waals surface area contributed by atoms with E-state index in [4.69, 9.17) is 0 Å². The van der Waals surface area contributed by atoms with Crippen molar-refractivity contribution in [1.29, 1.82) is 0 Å². The van der Waals surface area contributed by atoms with E-state index in [9.17, 15) is 0 Å². The third kappa shape index (κ3) is 4.30.